The van der Waals surface area contributed by atoms with E-state index in [2.05, 4.69) is 59.0 Å². The Labute approximate surface area is 90.8 Å². The van der Waals surface area contributed by atoms with Crippen molar-refractivity contribution >= 4 is 45.2 Å². The van der Waals surface area contributed by atoms with Gasteiger partial charge in [0.05, 0.1) is 0 Å². The fourth-order valence-corrected chi connectivity index (χ4v) is 4.48. The van der Waals surface area contributed by atoms with Crippen molar-refractivity contribution in [3.63, 3.8) is 0 Å². The molecule has 1 fully saturated rings. The second kappa shape index (κ2) is 3.46. The molecule has 2 atom stereocenters. The maximum absolute atomic E-state index is 2.63. The Hall–Kier alpha value is 1.46. The van der Waals surface area contributed by atoms with Crippen molar-refractivity contribution in [2.24, 2.45) is 11.3 Å². The largest absolute Gasteiger partial charge is 0.0860 e. The number of halogens is 2. The Morgan fingerprint density at radius 2 is 2.10 bits per heavy atom. The maximum Gasteiger partial charge on any atom is 0.0196 e. The Morgan fingerprint density at radius 3 is 2.30 bits per heavy atom. The van der Waals surface area contributed by atoms with E-state index in [9.17, 15) is 0 Å². The Balaban J connectivity index is 2.58. The third-order valence-electron chi connectivity index (χ3n) is 2.52. The van der Waals surface area contributed by atoms with Crippen molar-refractivity contribution in [3.8, 4) is 0 Å². The summed E-state index contributed by atoms with van der Waals surface area (Å²) in [6, 6.07) is 0. The lowest BCUT2D eigenvalue weighted by Gasteiger charge is -2.24. The van der Waals surface area contributed by atoms with Crippen LogP contribution in [0.3, 0.4) is 0 Å². The third kappa shape index (κ3) is 1.79. The van der Waals surface area contributed by atoms with Crippen LogP contribution in [0.15, 0.2) is 0 Å². The summed E-state index contributed by atoms with van der Waals surface area (Å²) in [6.07, 6.45) is 2.87. The zero-order valence-electron chi connectivity index (χ0n) is 6.53. The van der Waals surface area contributed by atoms with E-state index < -0.39 is 0 Å². The van der Waals surface area contributed by atoms with Gasteiger partial charge >= 0.3 is 0 Å². The molecule has 1 aliphatic rings. The van der Waals surface area contributed by atoms with E-state index in [0.717, 1.165) is 9.84 Å². The molecule has 0 N–H and O–H groups in total. The van der Waals surface area contributed by atoms with Crippen LogP contribution in [0.4, 0.5) is 0 Å². The van der Waals surface area contributed by atoms with E-state index >= 15 is 0 Å². The van der Waals surface area contributed by atoms with Crippen molar-refractivity contribution in [1.29, 1.82) is 0 Å². The van der Waals surface area contributed by atoms with Gasteiger partial charge in [0.15, 0.2) is 0 Å². The molecule has 1 rings (SSSR count). The average Bonchev–Trinajstić information content (AvgIpc) is 2.10. The Morgan fingerprint density at radius 1 is 1.50 bits per heavy atom. The molecule has 0 spiro atoms. The molecule has 0 aliphatic heterocycles. The van der Waals surface area contributed by atoms with Gasteiger partial charge in [0.2, 0.25) is 0 Å². The second-order valence-corrected chi connectivity index (χ2v) is 6.07. The molecule has 2 heteroatoms. The summed E-state index contributed by atoms with van der Waals surface area (Å²) in [5, 5.41) is 0. The summed E-state index contributed by atoms with van der Waals surface area (Å²) in [5.41, 5.74) is 0.608. The standard InChI is InChI=1S/C8H14I2/c1-8(2)4-3-6(5-9)7(8)10/h6-7H,3-5H2,1-2H3/t6-,7+/m0/s1. The van der Waals surface area contributed by atoms with E-state index in [1.54, 1.807) is 0 Å². The molecule has 0 aromatic rings. The van der Waals surface area contributed by atoms with Crippen molar-refractivity contribution in [3.05, 3.63) is 0 Å². The minimum atomic E-state index is 0.608. The van der Waals surface area contributed by atoms with E-state index in [1.165, 1.54) is 17.3 Å². The summed E-state index contributed by atoms with van der Waals surface area (Å²) in [5.74, 6) is 0.983. The van der Waals surface area contributed by atoms with Crippen LogP contribution in [-0.4, -0.2) is 8.35 Å². The highest BCUT2D eigenvalue weighted by molar-refractivity contribution is 14.1. The zero-order chi connectivity index (χ0) is 7.78. The van der Waals surface area contributed by atoms with E-state index in [1.807, 2.05) is 0 Å². The first-order valence-electron chi connectivity index (χ1n) is 3.78. The van der Waals surface area contributed by atoms with Gasteiger partial charge in [0.1, 0.15) is 0 Å². The quantitative estimate of drug-likeness (QED) is 0.492. The Bertz CT molecular complexity index is 120. The van der Waals surface area contributed by atoms with Gasteiger partial charge in [-0.05, 0) is 24.2 Å². The first-order chi connectivity index (χ1) is 4.58. The molecule has 0 aromatic carbocycles. The highest BCUT2D eigenvalue weighted by atomic mass is 127. The SMILES string of the molecule is CC1(C)CC[C@@H](CI)[C@H]1I. The van der Waals surface area contributed by atoms with Crippen LogP contribution in [-0.2, 0) is 0 Å². The van der Waals surface area contributed by atoms with Crippen LogP contribution in [0.25, 0.3) is 0 Å². The zero-order valence-corrected chi connectivity index (χ0v) is 10.8. The van der Waals surface area contributed by atoms with Gasteiger partial charge in [-0.3, -0.25) is 0 Å². The maximum atomic E-state index is 2.63. The second-order valence-electron chi connectivity index (χ2n) is 3.84. The molecular formula is C8H14I2. The van der Waals surface area contributed by atoms with E-state index in [-0.39, 0.29) is 0 Å². The topological polar surface area (TPSA) is 0 Å². The van der Waals surface area contributed by atoms with Crippen LogP contribution < -0.4 is 0 Å². The molecule has 10 heavy (non-hydrogen) atoms. The predicted octanol–water partition coefficient (Wildman–Crippen LogP) is 3.66. The van der Waals surface area contributed by atoms with Gasteiger partial charge in [0.25, 0.3) is 0 Å². The number of alkyl halides is 2. The van der Waals surface area contributed by atoms with Gasteiger partial charge in [-0.1, -0.05) is 59.0 Å². The molecule has 60 valence electrons. The smallest absolute Gasteiger partial charge is 0.0196 e. The lowest BCUT2D eigenvalue weighted by Crippen LogP contribution is -2.22. The van der Waals surface area contributed by atoms with Crippen LogP contribution in [0.5, 0.6) is 0 Å². The summed E-state index contributed by atoms with van der Waals surface area (Å²) in [7, 11) is 0. The number of hydrogen-bond acceptors (Lipinski definition) is 0. The van der Waals surface area contributed by atoms with E-state index in [0.29, 0.717) is 5.41 Å². The summed E-state index contributed by atoms with van der Waals surface area (Å²) in [6.45, 7) is 4.80. The molecule has 0 aromatic heterocycles. The van der Waals surface area contributed by atoms with Gasteiger partial charge in [-0.2, -0.15) is 0 Å². The van der Waals surface area contributed by atoms with E-state index in [4.69, 9.17) is 0 Å². The Kier molecular flexibility index (Phi) is 3.30. The van der Waals surface area contributed by atoms with Crippen LogP contribution >= 0.6 is 45.2 Å². The van der Waals surface area contributed by atoms with Gasteiger partial charge in [-0.25, -0.2) is 0 Å². The fraction of sp³-hybridized carbons (Fsp3) is 1.00. The minimum Gasteiger partial charge on any atom is -0.0860 e. The normalized spacial score (nSPS) is 38.4. The molecular weight excluding hydrogens is 350 g/mol. The molecule has 0 heterocycles. The highest BCUT2D eigenvalue weighted by Crippen LogP contribution is 2.46. The molecule has 0 nitrogen and oxygen atoms in total. The minimum absolute atomic E-state index is 0.608. The third-order valence-corrected chi connectivity index (χ3v) is 6.35. The fourth-order valence-electron chi connectivity index (χ4n) is 1.64. The summed E-state index contributed by atoms with van der Waals surface area (Å²) in [4.78, 5) is 0. The molecule has 0 bridgehead atoms. The predicted molar refractivity (Wildman–Crippen MR) is 63.2 cm³/mol. The number of hydrogen-bond donors (Lipinski definition) is 0. The van der Waals surface area contributed by atoms with Crippen molar-refractivity contribution in [2.45, 2.75) is 30.6 Å². The highest BCUT2D eigenvalue weighted by Gasteiger charge is 2.39. The molecule has 1 saturated carbocycles. The molecule has 0 amide bonds. The monoisotopic (exact) mass is 364 g/mol. The van der Waals surface area contributed by atoms with Crippen molar-refractivity contribution in [1.82, 2.24) is 0 Å². The molecule has 0 saturated heterocycles. The first kappa shape index (κ1) is 9.55. The average molecular weight is 364 g/mol. The van der Waals surface area contributed by atoms with Crippen molar-refractivity contribution < 1.29 is 0 Å². The van der Waals surface area contributed by atoms with Gasteiger partial charge in [0, 0.05) is 8.35 Å². The lowest BCUT2D eigenvalue weighted by molar-refractivity contribution is 0.393. The lowest BCUT2D eigenvalue weighted by atomic mass is 9.91. The summed E-state index contributed by atoms with van der Waals surface area (Å²) < 4.78 is 2.25. The summed E-state index contributed by atoms with van der Waals surface area (Å²) >= 11 is 5.15. The first-order valence-corrected chi connectivity index (χ1v) is 6.55. The molecule has 1 aliphatic carbocycles. The van der Waals surface area contributed by atoms with Crippen LogP contribution in [0, 0.1) is 11.3 Å². The van der Waals surface area contributed by atoms with Crippen LogP contribution in [0.1, 0.15) is 26.7 Å². The molecule has 0 unspecified atom stereocenters. The van der Waals surface area contributed by atoms with Gasteiger partial charge < -0.3 is 0 Å². The van der Waals surface area contributed by atoms with Crippen molar-refractivity contribution in [2.75, 3.05) is 4.43 Å². The molecule has 0 radical (unpaired) electrons. The van der Waals surface area contributed by atoms with Gasteiger partial charge in [-0.15, -0.1) is 0 Å². The van der Waals surface area contributed by atoms with Crippen LogP contribution in [0.2, 0.25) is 0 Å². The number of rotatable bonds is 1.